The molecule has 0 bridgehead atoms. The summed E-state index contributed by atoms with van der Waals surface area (Å²) in [5.41, 5.74) is 2.40. The van der Waals surface area contributed by atoms with E-state index in [4.69, 9.17) is 0 Å². The molecule has 3 nitrogen and oxygen atoms in total. The zero-order valence-electron chi connectivity index (χ0n) is 11.9. The summed E-state index contributed by atoms with van der Waals surface area (Å²) < 4.78 is 4.59. The van der Waals surface area contributed by atoms with Crippen molar-refractivity contribution in [3.63, 3.8) is 0 Å². The molecule has 0 aliphatic heterocycles. The highest BCUT2D eigenvalue weighted by Crippen LogP contribution is 2.36. The summed E-state index contributed by atoms with van der Waals surface area (Å²) in [6, 6.07) is 13.1. The fourth-order valence-corrected chi connectivity index (χ4v) is 3.87. The Bertz CT molecular complexity index is 972. The van der Waals surface area contributed by atoms with Crippen molar-refractivity contribution in [1.29, 1.82) is 0 Å². The molecule has 4 aromatic rings. The van der Waals surface area contributed by atoms with Crippen molar-refractivity contribution >= 4 is 31.5 Å². The van der Waals surface area contributed by atoms with Crippen molar-refractivity contribution in [3.05, 3.63) is 54.6 Å². The summed E-state index contributed by atoms with van der Waals surface area (Å²) in [6.07, 6.45) is 3.39. The predicted molar refractivity (Wildman–Crippen MR) is 86.3 cm³/mol. The van der Waals surface area contributed by atoms with Gasteiger partial charge in [-0.05, 0) is 30.7 Å². The highest BCUT2D eigenvalue weighted by Gasteiger charge is 2.15. The first-order valence-corrected chi connectivity index (χ1v) is 7.63. The standard InChI is InChI=1S/C17H14N3S/c1-11-7-14-12-5-3-4-6-15(12)21-16(14)8-13(11)17-19-9-18-10-20(17)2/h3-10H,1-2H3/q+1. The van der Waals surface area contributed by atoms with Crippen LogP contribution in [0.4, 0.5) is 0 Å². The lowest BCUT2D eigenvalue weighted by molar-refractivity contribution is -0.666. The number of nitrogens with zero attached hydrogens (tertiary/aromatic N) is 3. The largest absolute Gasteiger partial charge is 0.273 e. The van der Waals surface area contributed by atoms with Crippen LogP contribution in [-0.4, -0.2) is 9.97 Å². The summed E-state index contributed by atoms with van der Waals surface area (Å²) >= 11 is 1.83. The monoisotopic (exact) mass is 292 g/mol. The van der Waals surface area contributed by atoms with E-state index in [2.05, 4.69) is 53.3 Å². The van der Waals surface area contributed by atoms with Crippen LogP contribution >= 0.6 is 11.3 Å². The number of thiophene rings is 1. The number of fused-ring (bicyclic) bond motifs is 3. The fraction of sp³-hybridized carbons (Fsp3) is 0.118. The molecular weight excluding hydrogens is 278 g/mol. The Morgan fingerprint density at radius 2 is 1.90 bits per heavy atom. The second-order valence-electron chi connectivity index (χ2n) is 5.21. The Morgan fingerprint density at radius 1 is 1.05 bits per heavy atom. The molecule has 0 saturated heterocycles. The van der Waals surface area contributed by atoms with E-state index < -0.39 is 0 Å². The molecule has 4 heteroatoms. The summed E-state index contributed by atoms with van der Waals surface area (Å²) in [5.74, 6) is 0.946. The first kappa shape index (κ1) is 12.4. The van der Waals surface area contributed by atoms with Gasteiger partial charge < -0.3 is 0 Å². The average molecular weight is 292 g/mol. The van der Waals surface area contributed by atoms with Crippen LogP contribution in [0.25, 0.3) is 31.6 Å². The molecule has 0 radical (unpaired) electrons. The third-order valence-corrected chi connectivity index (χ3v) is 4.92. The molecular formula is C17H14N3S+. The molecule has 4 rings (SSSR count). The van der Waals surface area contributed by atoms with Crippen LogP contribution in [0.5, 0.6) is 0 Å². The lowest BCUT2D eigenvalue weighted by atomic mass is 10.0. The van der Waals surface area contributed by atoms with Crippen LogP contribution in [0.15, 0.2) is 49.1 Å². The molecule has 0 atom stereocenters. The molecule has 0 aliphatic rings. The van der Waals surface area contributed by atoms with Crippen LogP contribution in [0.1, 0.15) is 5.56 Å². The lowest BCUT2D eigenvalue weighted by Gasteiger charge is -2.04. The van der Waals surface area contributed by atoms with E-state index in [1.54, 1.807) is 12.7 Å². The smallest absolute Gasteiger partial charge is 0.236 e. The minimum absolute atomic E-state index is 0.946. The second-order valence-corrected chi connectivity index (χ2v) is 6.29. The van der Waals surface area contributed by atoms with E-state index in [0.29, 0.717) is 0 Å². The first-order chi connectivity index (χ1) is 10.2. The maximum atomic E-state index is 4.43. The zero-order valence-corrected chi connectivity index (χ0v) is 12.7. The number of aromatic nitrogens is 3. The van der Waals surface area contributed by atoms with Crippen molar-refractivity contribution < 1.29 is 4.57 Å². The molecule has 0 unspecified atom stereocenters. The molecule has 0 aliphatic carbocycles. The lowest BCUT2D eigenvalue weighted by Crippen LogP contribution is -2.32. The van der Waals surface area contributed by atoms with Crippen LogP contribution in [0.2, 0.25) is 0 Å². The summed E-state index contributed by atoms with van der Waals surface area (Å²) in [4.78, 5) is 8.48. The molecule has 2 aromatic carbocycles. The Labute approximate surface area is 126 Å². The predicted octanol–water partition coefficient (Wildman–Crippen LogP) is 3.64. The van der Waals surface area contributed by atoms with E-state index in [-0.39, 0.29) is 0 Å². The minimum Gasteiger partial charge on any atom is -0.236 e. The number of aryl methyl sites for hydroxylation is 2. The van der Waals surface area contributed by atoms with E-state index >= 15 is 0 Å². The number of hydrogen-bond donors (Lipinski definition) is 0. The molecule has 0 N–H and O–H groups in total. The van der Waals surface area contributed by atoms with E-state index in [9.17, 15) is 0 Å². The summed E-state index contributed by atoms with van der Waals surface area (Å²) in [5, 5.41) is 2.66. The highest BCUT2D eigenvalue weighted by molar-refractivity contribution is 7.25. The Kier molecular flexibility index (Phi) is 2.72. The highest BCUT2D eigenvalue weighted by atomic mass is 32.1. The van der Waals surface area contributed by atoms with Gasteiger partial charge in [0.15, 0.2) is 0 Å². The van der Waals surface area contributed by atoms with Crippen molar-refractivity contribution in [2.45, 2.75) is 6.92 Å². The second kappa shape index (κ2) is 4.60. The molecule has 0 amide bonds. The molecule has 21 heavy (non-hydrogen) atoms. The van der Waals surface area contributed by atoms with Gasteiger partial charge in [0.05, 0.1) is 12.6 Å². The van der Waals surface area contributed by atoms with Crippen molar-refractivity contribution in [2.75, 3.05) is 0 Å². The number of hydrogen-bond acceptors (Lipinski definition) is 3. The van der Waals surface area contributed by atoms with Gasteiger partial charge in [-0.15, -0.1) is 11.3 Å². The van der Waals surface area contributed by atoms with Crippen LogP contribution in [0, 0.1) is 6.92 Å². The average Bonchev–Trinajstić information content (AvgIpc) is 2.85. The topological polar surface area (TPSA) is 29.7 Å². The first-order valence-electron chi connectivity index (χ1n) is 6.82. The molecule has 0 spiro atoms. The number of rotatable bonds is 1. The minimum atomic E-state index is 0.946. The van der Waals surface area contributed by atoms with Crippen molar-refractivity contribution in [1.82, 2.24) is 9.97 Å². The zero-order chi connectivity index (χ0) is 14.4. The number of benzene rings is 2. The molecule has 2 aromatic heterocycles. The van der Waals surface area contributed by atoms with Gasteiger partial charge in [-0.3, -0.25) is 0 Å². The van der Waals surface area contributed by atoms with Crippen molar-refractivity contribution in [2.24, 2.45) is 7.05 Å². The van der Waals surface area contributed by atoms with E-state index in [1.165, 1.54) is 31.3 Å². The van der Waals surface area contributed by atoms with Gasteiger partial charge in [0, 0.05) is 20.2 Å². The van der Waals surface area contributed by atoms with Gasteiger partial charge in [0.2, 0.25) is 6.33 Å². The van der Waals surface area contributed by atoms with Crippen molar-refractivity contribution in [3.8, 4) is 11.4 Å². The van der Waals surface area contributed by atoms with Gasteiger partial charge in [0.1, 0.15) is 0 Å². The molecule has 0 fully saturated rings. The summed E-state index contributed by atoms with van der Waals surface area (Å²) in [6.45, 7) is 2.14. The maximum Gasteiger partial charge on any atom is 0.273 e. The fourth-order valence-electron chi connectivity index (χ4n) is 2.74. The van der Waals surface area contributed by atoms with Gasteiger partial charge in [0.25, 0.3) is 12.2 Å². The van der Waals surface area contributed by atoms with Gasteiger partial charge in [-0.1, -0.05) is 28.2 Å². The molecule has 102 valence electrons. The normalized spacial score (nSPS) is 11.3. The van der Waals surface area contributed by atoms with E-state index in [1.807, 2.05) is 23.0 Å². The third kappa shape index (κ3) is 1.91. The van der Waals surface area contributed by atoms with Gasteiger partial charge >= 0.3 is 0 Å². The van der Waals surface area contributed by atoms with Gasteiger partial charge in [-0.25, -0.2) is 4.57 Å². The SMILES string of the molecule is Cc1cc2c(cc1-c1ncnc[n+]1C)sc1ccccc12. The Balaban J connectivity index is 2.06. The molecule has 0 saturated carbocycles. The third-order valence-electron chi connectivity index (χ3n) is 3.79. The van der Waals surface area contributed by atoms with Crippen LogP contribution < -0.4 is 4.57 Å². The Morgan fingerprint density at radius 3 is 2.76 bits per heavy atom. The molecule has 2 heterocycles. The maximum absolute atomic E-state index is 4.43. The van der Waals surface area contributed by atoms with Crippen LogP contribution in [0.3, 0.4) is 0 Å². The van der Waals surface area contributed by atoms with Crippen LogP contribution in [-0.2, 0) is 7.05 Å². The summed E-state index contributed by atoms with van der Waals surface area (Å²) in [7, 11) is 1.98. The Hall–Kier alpha value is -2.33. The quantitative estimate of drug-likeness (QED) is 0.501. The van der Waals surface area contributed by atoms with Gasteiger partial charge in [-0.2, -0.15) is 0 Å². The van der Waals surface area contributed by atoms with E-state index in [0.717, 1.165) is 5.82 Å².